The maximum absolute atomic E-state index is 13.9. The summed E-state index contributed by atoms with van der Waals surface area (Å²) in [6.45, 7) is 4.79. The Morgan fingerprint density at radius 2 is 1.83 bits per heavy atom. The average molecular weight is 427 g/mol. The minimum Gasteiger partial charge on any atom is -0.497 e. The van der Waals surface area contributed by atoms with Crippen LogP contribution in [-0.4, -0.2) is 50.9 Å². The summed E-state index contributed by atoms with van der Waals surface area (Å²) in [4.78, 5) is 31.3. The van der Waals surface area contributed by atoms with Gasteiger partial charge < -0.3 is 14.5 Å². The van der Waals surface area contributed by atoms with Gasteiger partial charge in [0.1, 0.15) is 11.5 Å². The van der Waals surface area contributed by atoms with Gasteiger partial charge in [0.05, 0.1) is 18.7 Å². The molecule has 1 aliphatic rings. The molecule has 1 heterocycles. The van der Waals surface area contributed by atoms with Crippen molar-refractivity contribution in [2.24, 2.45) is 11.8 Å². The van der Waals surface area contributed by atoms with Crippen LogP contribution in [0.4, 0.5) is 5.69 Å². The first-order valence-corrected chi connectivity index (χ1v) is 11.1. The Labute approximate surface area is 183 Å². The second kappa shape index (κ2) is 9.67. The highest BCUT2D eigenvalue weighted by atomic mass is 32.2. The number of hydrogen-bond acceptors (Lipinski definition) is 5. The lowest BCUT2D eigenvalue weighted by Crippen LogP contribution is -2.44. The summed E-state index contributed by atoms with van der Waals surface area (Å²) in [7, 11) is 5.63. The molecule has 3 rings (SSSR count). The van der Waals surface area contributed by atoms with Crippen molar-refractivity contribution in [1.29, 1.82) is 0 Å². The number of Topliss-reactive ketones (excluding diaryl/α,β-unsaturated/α-hetero) is 1. The Morgan fingerprint density at radius 3 is 2.43 bits per heavy atom. The van der Waals surface area contributed by atoms with Crippen LogP contribution in [0.3, 0.4) is 0 Å². The van der Waals surface area contributed by atoms with Crippen molar-refractivity contribution in [3.63, 3.8) is 0 Å². The van der Waals surface area contributed by atoms with Gasteiger partial charge in [0.25, 0.3) is 0 Å². The number of benzene rings is 2. The summed E-state index contributed by atoms with van der Waals surface area (Å²) in [6, 6.07) is 15.9. The number of hydrogen-bond donors (Lipinski definition) is 0. The van der Waals surface area contributed by atoms with Crippen LogP contribution < -0.4 is 9.64 Å². The lowest BCUT2D eigenvalue weighted by atomic mass is 9.84. The number of fused-ring (bicyclic) bond motifs is 1. The van der Waals surface area contributed by atoms with Crippen molar-refractivity contribution >= 4 is 29.1 Å². The summed E-state index contributed by atoms with van der Waals surface area (Å²) >= 11 is 1.67. The minimum atomic E-state index is -0.449. The lowest BCUT2D eigenvalue weighted by molar-refractivity contribution is -0.130. The molecule has 0 N–H and O–H groups in total. The number of amides is 1. The van der Waals surface area contributed by atoms with E-state index in [2.05, 4.69) is 11.0 Å². The zero-order chi connectivity index (χ0) is 21.8. The molecule has 0 saturated carbocycles. The molecule has 5 nitrogen and oxygen atoms in total. The monoisotopic (exact) mass is 426 g/mol. The van der Waals surface area contributed by atoms with Crippen LogP contribution in [0.15, 0.2) is 53.4 Å². The zero-order valence-electron chi connectivity index (χ0n) is 18.3. The van der Waals surface area contributed by atoms with Crippen molar-refractivity contribution in [2.45, 2.75) is 24.0 Å². The molecule has 2 aromatic rings. The van der Waals surface area contributed by atoms with Gasteiger partial charge in [-0.05, 0) is 50.8 Å². The highest BCUT2D eigenvalue weighted by molar-refractivity contribution is 7.99. The number of ether oxygens (including phenoxy) is 1. The van der Waals surface area contributed by atoms with Crippen LogP contribution in [0.5, 0.6) is 5.75 Å². The van der Waals surface area contributed by atoms with E-state index in [9.17, 15) is 9.59 Å². The number of likely N-dealkylation sites (N-methyl/N-ethyl adjacent to an activating group) is 1. The van der Waals surface area contributed by atoms with E-state index in [1.807, 2.05) is 68.4 Å². The van der Waals surface area contributed by atoms with Gasteiger partial charge in [-0.1, -0.05) is 31.2 Å². The fraction of sp³-hybridized carbons (Fsp3) is 0.417. The number of methoxy groups -OCH3 is 1. The van der Waals surface area contributed by atoms with E-state index >= 15 is 0 Å². The SMILES string of the molecule is COc1ccc(C2Sc3ccccc3N(CCN(C)C)C(=O)C2C(C)C(C)=O)cc1. The van der Waals surface area contributed by atoms with Gasteiger partial charge in [0.15, 0.2) is 0 Å². The minimum absolute atomic E-state index is 0.0119. The van der Waals surface area contributed by atoms with E-state index in [0.717, 1.165) is 28.4 Å². The van der Waals surface area contributed by atoms with Crippen LogP contribution in [0.2, 0.25) is 0 Å². The van der Waals surface area contributed by atoms with Gasteiger partial charge in [0, 0.05) is 29.2 Å². The summed E-state index contributed by atoms with van der Waals surface area (Å²) in [6.07, 6.45) is 0. The first kappa shape index (κ1) is 22.4. The molecule has 0 spiro atoms. The van der Waals surface area contributed by atoms with E-state index < -0.39 is 5.92 Å². The number of carbonyl (C=O) groups excluding carboxylic acids is 2. The average Bonchev–Trinajstić information content (AvgIpc) is 2.85. The second-order valence-electron chi connectivity index (χ2n) is 8.00. The van der Waals surface area contributed by atoms with E-state index in [1.54, 1.807) is 25.8 Å². The summed E-state index contributed by atoms with van der Waals surface area (Å²) in [5, 5.41) is -0.159. The second-order valence-corrected chi connectivity index (χ2v) is 9.18. The topological polar surface area (TPSA) is 49.9 Å². The molecule has 30 heavy (non-hydrogen) atoms. The van der Waals surface area contributed by atoms with Crippen LogP contribution in [0.1, 0.15) is 24.7 Å². The summed E-state index contributed by atoms with van der Waals surface area (Å²) in [5.74, 6) is -0.0135. The molecule has 3 unspecified atom stereocenters. The molecule has 1 aliphatic heterocycles. The van der Waals surface area contributed by atoms with Crippen molar-refractivity contribution < 1.29 is 14.3 Å². The molecule has 2 aromatic carbocycles. The highest BCUT2D eigenvalue weighted by Gasteiger charge is 2.42. The molecule has 160 valence electrons. The van der Waals surface area contributed by atoms with Crippen molar-refractivity contribution in [1.82, 2.24) is 4.90 Å². The van der Waals surface area contributed by atoms with Crippen molar-refractivity contribution in [3.8, 4) is 5.75 Å². The van der Waals surface area contributed by atoms with Crippen LogP contribution in [0, 0.1) is 11.8 Å². The number of nitrogens with zero attached hydrogens (tertiary/aromatic N) is 2. The highest BCUT2D eigenvalue weighted by Crippen LogP contribution is 2.50. The third kappa shape index (κ3) is 4.71. The third-order valence-electron chi connectivity index (χ3n) is 5.68. The maximum Gasteiger partial charge on any atom is 0.232 e. The number of thioether (sulfide) groups is 1. The predicted octanol–water partition coefficient (Wildman–Crippen LogP) is 4.28. The number of ketones is 1. The van der Waals surface area contributed by atoms with Crippen LogP contribution in [-0.2, 0) is 9.59 Å². The molecular formula is C24H30N2O3S. The first-order valence-electron chi connectivity index (χ1n) is 10.2. The number of para-hydroxylation sites is 1. The van der Waals surface area contributed by atoms with Gasteiger partial charge in [-0.15, -0.1) is 11.8 Å². The quantitative estimate of drug-likeness (QED) is 0.661. The Hall–Kier alpha value is -2.31. The third-order valence-corrected chi connectivity index (χ3v) is 7.10. The number of rotatable bonds is 7. The molecule has 0 aliphatic carbocycles. The Morgan fingerprint density at radius 1 is 1.17 bits per heavy atom. The predicted molar refractivity (Wildman–Crippen MR) is 122 cm³/mol. The van der Waals surface area contributed by atoms with Crippen LogP contribution >= 0.6 is 11.8 Å². The molecule has 0 fully saturated rings. The Kier molecular flexibility index (Phi) is 7.21. The van der Waals surface area contributed by atoms with E-state index in [1.165, 1.54) is 0 Å². The molecule has 1 amide bonds. The lowest BCUT2D eigenvalue weighted by Gasteiger charge is -2.31. The molecule has 0 radical (unpaired) electrons. The van der Waals surface area contributed by atoms with E-state index in [-0.39, 0.29) is 22.9 Å². The normalized spacial score (nSPS) is 19.9. The van der Waals surface area contributed by atoms with Crippen molar-refractivity contribution in [3.05, 3.63) is 54.1 Å². The first-order chi connectivity index (χ1) is 14.3. The zero-order valence-corrected chi connectivity index (χ0v) is 19.1. The fourth-order valence-corrected chi connectivity index (χ4v) is 5.27. The van der Waals surface area contributed by atoms with E-state index in [4.69, 9.17) is 4.74 Å². The molecular weight excluding hydrogens is 396 g/mol. The van der Waals surface area contributed by atoms with Gasteiger partial charge >= 0.3 is 0 Å². The Balaban J connectivity index is 2.11. The summed E-state index contributed by atoms with van der Waals surface area (Å²) < 4.78 is 5.30. The molecule has 3 atom stereocenters. The molecule has 0 bridgehead atoms. The molecule has 0 saturated heterocycles. The standard InChI is InChI=1S/C24H30N2O3S/c1-16(17(2)27)22-23(18-10-12-19(29-5)13-11-18)30-21-9-7-6-8-20(21)26(24(22)28)15-14-25(3)4/h6-13,16,22-23H,14-15H2,1-5H3. The Bertz CT molecular complexity index is 898. The van der Waals surface area contributed by atoms with Gasteiger partial charge in [-0.3, -0.25) is 9.59 Å². The van der Waals surface area contributed by atoms with Gasteiger partial charge in [-0.25, -0.2) is 0 Å². The number of anilines is 1. The van der Waals surface area contributed by atoms with Gasteiger partial charge in [0.2, 0.25) is 5.91 Å². The van der Waals surface area contributed by atoms with E-state index in [0.29, 0.717) is 6.54 Å². The number of carbonyl (C=O) groups is 2. The largest absolute Gasteiger partial charge is 0.497 e. The fourth-order valence-electron chi connectivity index (χ4n) is 3.75. The summed E-state index contributed by atoms with van der Waals surface area (Å²) in [5.41, 5.74) is 1.95. The van der Waals surface area contributed by atoms with Crippen molar-refractivity contribution in [2.75, 3.05) is 39.2 Å². The smallest absolute Gasteiger partial charge is 0.232 e. The van der Waals surface area contributed by atoms with Crippen LogP contribution in [0.25, 0.3) is 0 Å². The molecule has 0 aromatic heterocycles. The molecule has 6 heteroatoms. The maximum atomic E-state index is 13.9. The van der Waals surface area contributed by atoms with Gasteiger partial charge in [-0.2, -0.15) is 0 Å².